The highest BCUT2D eigenvalue weighted by atomic mass is 16.1. The highest BCUT2D eigenvalue weighted by Gasteiger charge is 2.11. The van der Waals surface area contributed by atoms with Gasteiger partial charge in [0.2, 0.25) is 0 Å². The van der Waals surface area contributed by atoms with E-state index in [1.807, 2.05) is 0 Å². The van der Waals surface area contributed by atoms with Crippen LogP contribution in [0, 0.1) is 0 Å². The maximum Gasteiger partial charge on any atom is 0.198 e. The van der Waals surface area contributed by atoms with E-state index < -0.39 is 0 Å². The number of nitrogens with two attached hydrogens (primary N) is 1. The van der Waals surface area contributed by atoms with Crippen molar-refractivity contribution in [1.82, 2.24) is 5.43 Å². The van der Waals surface area contributed by atoms with Gasteiger partial charge in [-0.3, -0.25) is 9.79 Å². The van der Waals surface area contributed by atoms with E-state index in [-0.39, 0.29) is 5.78 Å². The van der Waals surface area contributed by atoms with Crippen LogP contribution in [-0.4, -0.2) is 18.2 Å². The van der Waals surface area contributed by atoms with Crippen molar-refractivity contribution in [2.45, 2.75) is 19.3 Å². The van der Waals surface area contributed by atoms with Crippen LogP contribution in [0.4, 0.5) is 0 Å². The zero-order valence-corrected chi connectivity index (χ0v) is 5.76. The highest BCUT2D eigenvalue weighted by molar-refractivity contribution is 6.38. The van der Waals surface area contributed by atoms with Crippen molar-refractivity contribution in [3.05, 3.63) is 0 Å². The molecular formula is C6H11N3O. The quantitative estimate of drug-likeness (QED) is 0.356. The second kappa shape index (κ2) is 3.31. The molecule has 1 aliphatic heterocycles. The Bertz CT molecular complexity index is 164. The number of nitrogens with zero attached hydrogens (tertiary/aromatic N) is 1. The first-order valence-electron chi connectivity index (χ1n) is 3.39. The summed E-state index contributed by atoms with van der Waals surface area (Å²) in [4.78, 5) is 14.9. The minimum atomic E-state index is 0.0278. The van der Waals surface area contributed by atoms with Crippen molar-refractivity contribution in [2.75, 3.05) is 6.54 Å². The number of nitrogens with one attached hydrogen (secondary N) is 1. The molecule has 56 valence electrons. The number of amidine groups is 1. The van der Waals surface area contributed by atoms with E-state index in [2.05, 4.69) is 10.4 Å². The first-order valence-corrected chi connectivity index (χ1v) is 3.39. The van der Waals surface area contributed by atoms with Gasteiger partial charge >= 0.3 is 0 Å². The monoisotopic (exact) mass is 141 g/mol. The lowest BCUT2D eigenvalue weighted by atomic mass is 10.2. The molecule has 1 heterocycles. The molecule has 0 aliphatic carbocycles. The third kappa shape index (κ3) is 1.54. The Morgan fingerprint density at radius 3 is 3.00 bits per heavy atom. The number of rotatable bonds is 0. The first kappa shape index (κ1) is 7.21. The molecule has 1 rings (SSSR count). The van der Waals surface area contributed by atoms with Gasteiger partial charge in [-0.25, -0.2) is 5.84 Å². The summed E-state index contributed by atoms with van der Waals surface area (Å²) >= 11 is 0. The van der Waals surface area contributed by atoms with Crippen LogP contribution in [0.3, 0.4) is 0 Å². The molecule has 0 saturated heterocycles. The third-order valence-electron chi connectivity index (χ3n) is 1.48. The van der Waals surface area contributed by atoms with Gasteiger partial charge in [-0.15, -0.1) is 0 Å². The fourth-order valence-electron chi connectivity index (χ4n) is 0.921. The SMILES string of the molecule is NNC1=NCCCCC1=O. The Morgan fingerprint density at radius 2 is 2.30 bits per heavy atom. The van der Waals surface area contributed by atoms with Gasteiger partial charge in [0.1, 0.15) is 0 Å². The van der Waals surface area contributed by atoms with Crippen LogP contribution >= 0.6 is 0 Å². The van der Waals surface area contributed by atoms with Crippen LogP contribution in [0.2, 0.25) is 0 Å². The van der Waals surface area contributed by atoms with Crippen molar-refractivity contribution >= 4 is 11.6 Å². The van der Waals surface area contributed by atoms with E-state index in [1.165, 1.54) is 0 Å². The number of hydrazine groups is 1. The number of ketones is 1. The van der Waals surface area contributed by atoms with Gasteiger partial charge in [-0.05, 0) is 12.8 Å². The van der Waals surface area contributed by atoms with Gasteiger partial charge in [0, 0.05) is 13.0 Å². The number of carbonyl (C=O) groups is 1. The van der Waals surface area contributed by atoms with Crippen LogP contribution in [0.15, 0.2) is 4.99 Å². The van der Waals surface area contributed by atoms with Crippen LogP contribution in [0.25, 0.3) is 0 Å². The van der Waals surface area contributed by atoms with Gasteiger partial charge in [-0.2, -0.15) is 0 Å². The van der Waals surface area contributed by atoms with Crippen molar-refractivity contribution < 1.29 is 4.79 Å². The first-order chi connectivity index (χ1) is 4.84. The van der Waals surface area contributed by atoms with Crippen LogP contribution in [-0.2, 0) is 4.79 Å². The average Bonchev–Trinajstić information content (AvgIpc) is 2.13. The molecule has 0 spiro atoms. The summed E-state index contributed by atoms with van der Waals surface area (Å²) < 4.78 is 0. The molecule has 0 unspecified atom stereocenters. The van der Waals surface area contributed by atoms with Crippen molar-refractivity contribution in [1.29, 1.82) is 0 Å². The second-order valence-electron chi connectivity index (χ2n) is 2.25. The Labute approximate surface area is 59.5 Å². The Morgan fingerprint density at radius 1 is 1.50 bits per heavy atom. The number of hydrogen-bond donors (Lipinski definition) is 2. The Hall–Kier alpha value is -0.900. The standard InChI is InChI=1S/C6H11N3O/c7-9-6-5(10)3-1-2-4-8-6/h1-4,7H2,(H,8,9). The zero-order chi connectivity index (χ0) is 7.40. The lowest BCUT2D eigenvalue weighted by Gasteiger charge is -1.98. The van der Waals surface area contributed by atoms with E-state index in [0.29, 0.717) is 18.8 Å². The summed E-state index contributed by atoms with van der Waals surface area (Å²) in [6.45, 7) is 0.714. The predicted molar refractivity (Wildman–Crippen MR) is 38.5 cm³/mol. The molecule has 0 bridgehead atoms. The molecule has 4 heteroatoms. The lowest BCUT2D eigenvalue weighted by Crippen LogP contribution is -2.36. The molecule has 0 atom stereocenters. The Balaban J connectivity index is 2.62. The smallest absolute Gasteiger partial charge is 0.198 e. The third-order valence-corrected chi connectivity index (χ3v) is 1.48. The largest absolute Gasteiger partial charge is 0.306 e. The number of carbonyl (C=O) groups excluding carboxylic acids is 1. The van der Waals surface area contributed by atoms with Crippen molar-refractivity contribution in [2.24, 2.45) is 10.8 Å². The predicted octanol–water partition coefficient (Wildman–Crippen LogP) is -0.399. The van der Waals surface area contributed by atoms with Crippen LogP contribution in [0.1, 0.15) is 19.3 Å². The molecule has 0 aromatic rings. The van der Waals surface area contributed by atoms with Gasteiger partial charge in [0.05, 0.1) is 0 Å². The molecule has 0 aromatic carbocycles. The van der Waals surface area contributed by atoms with E-state index >= 15 is 0 Å². The molecule has 0 saturated carbocycles. The molecule has 3 N–H and O–H groups in total. The maximum atomic E-state index is 11.0. The number of Topliss-reactive ketones (excluding diaryl/α,β-unsaturated/α-hetero) is 1. The molecular weight excluding hydrogens is 130 g/mol. The van der Waals surface area contributed by atoms with E-state index in [1.54, 1.807) is 0 Å². The van der Waals surface area contributed by atoms with Gasteiger partial charge in [0.25, 0.3) is 0 Å². The normalized spacial score (nSPS) is 19.7. The van der Waals surface area contributed by atoms with Gasteiger partial charge in [-0.1, -0.05) is 0 Å². The minimum Gasteiger partial charge on any atom is -0.306 e. The fraction of sp³-hybridized carbons (Fsp3) is 0.667. The number of hydrogen-bond acceptors (Lipinski definition) is 4. The van der Waals surface area contributed by atoms with Gasteiger partial charge in [0.15, 0.2) is 11.6 Å². The van der Waals surface area contributed by atoms with E-state index in [4.69, 9.17) is 5.84 Å². The summed E-state index contributed by atoms with van der Waals surface area (Å²) in [5.41, 5.74) is 2.29. The summed E-state index contributed by atoms with van der Waals surface area (Å²) in [5, 5.41) is 0. The van der Waals surface area contributed by atoms with Crippen molar-refractivity contribution in [3.8, 4) is 0 Å². The molecule has 4 nitrogen and oxygen atoms in total. The van der Waals surface area contributed by atoms with Crippen LogP contribution < -0.4 is 11.3 Å². The molecule has 0 aromatic heterocycles. The molecule has 1 aliphatic rings. The van der Waals surface area contributed by atoms with Gasteiger partial charge < -0.3 is 5.43 Å². The minimum absolute atomic E-state index is 0.0278. The van der Waals surface area contributed by atoms with Crippen LogP contribution in [0.5, 0.6) is 0 Å². The molecule has 0 radical (unpaired) electrons. The Kier molecular flexibility index (Phi) is 2.39. The van der Waals surface area contributed by atoms with Crippen molar-refractivity contribution in [3.63, 3.8) is 0 Å². The summed E-state index contributed by atoms with van der Waals surface area (Å²) in [6.07, 6.45) is 2.48. The summed E-state index contributed by atoms with van der Waals surface area (Å²) in [7, 11) is 0. The molecule has 0 fully saturated rings. The lowest BCUT2D eigenvalue weighted by molar-refractivity contribution is -0.113. The van der Waals surface area contributed by atoms with E-state index in [0.717, 1.165) is 12.8 Å². The summed E-state index contributed by atoms with van der Waals surface area (Å²) in [5.74, 6) is 5.42. The summed E-state index contributed by atoms with van der Waals surface area (Å²) in [6, 6.07) is 0. The fourth-order valence-corrected chi connectivity index (χ4v) is 0.921. The second-order valence-corrected chi connectivity index (χ2v) is 2.25. The maximum absolute atomic E-state index is 11.0. The number of aliphatic imine (C=N–C) groups is 1. The molecule has 0 amide bonds. The topological polar surface area (TPSA) is 67.5 Å². The molecule has 10 heavy (non-hydrogen) atoms. The zero-order valence-electron chi connectivity index (χ0n) is 5.76. The van der Waals surface area contributed by atoms with E-state index in [9.17, 15) is 4.79 Å². The highest BCUT2D eigenvalue weighted by Crippen LogP contribution is 2.02. The average molecular weight is 141 g/mol.